The first kappa shape index (κ1) is 9.32. The minimum absolute atomic E-state index is 0.535. The van der Waals surface area contributed by atoms with E-state index in [1.54, 1.807) is 0 Å². The van der Waals surface area contributed by atoms with Crippen molar-refractivity contribution in [3.8, 4) is 0 Å². The lowest BCUT2D eigenvalue weighted by Gasteiger charge is -2.29. The Labute approximate surface area is 84.7 Å². The number of hydrogen-bond acceptors (Lipinski definition) is 1. The first-order chi connectivity index (χ1) is 6.53. The summed E-state index contributed by atoms with van der Waals surface area (Å²) in [4.78, 5) is 0. The SMILES string of the molecule is [2H]C=C(O[Si](C)(C)C)C1CCCCC1. The molecule has 0 atom stereocenters. The van der Waals surface area contributed by atoms with E-state index in [9.17, 15) is 0 Å². The van der Waals surface area contributed by atoms with E-state index in [0.717, 1.165) is 5.76 Å². The minimum atomic E-state index is -1.51. The maximum atomic E-state index is 7.41. The molecule has 0 radical (unpaired) electrons. The van der Waals surface area contributed by atoms with Crippen LogP contribution in [0.3, 0.4) is 0 Å². The molecule has 0 bridgehead atoms. The highest BCUT2D eigenvalue weighted by atomic mass is 28.4. The Balaban J connectivity index is 2.53. The quantitative estimate of drug-likeness (QED) is 0.494. The van der Waals surface area contributed by atoms with Crippen molar-refractivity contribution >= 4 is 8.32 Å². The lowest BCUT2D eigenvalue weighted by Crippen LogP contribution is -2.27. The molecule has 13 heavy (non-hydrogen) atoms. The Bertz CT molecular complexity index is 202. The Hall–Kier alpha value is -0.243. The van der Waals surface area contributed by atoms with E-state index in [2.05, 4.69) is 19.6 Å². The minimum Gasteiger partial charge on any atom is -0.548 e. The zero-order chi connectivity index (χ0) is 10.6. The standard InChI is InChI=1S/C11H22OSi/c1-10(12-13(2,3)4)11-8-6-5-7-9-11/h11H,1,5-9H2,2-4H3/i1D. The molecule has 0 aromatic heterocycles. The second kappa shape index (κ2) is 4.31. The summed E-state index contributed by atoms with van der Waals surface area (Å²) in [6, 6.07) is 0. The molecule has 2 heteroatoms. The smallest absolute Gasteiger partial charge is 0.241 e. The van der Waals surface area contributed by atoms with Gasteiger partial charge in [0.15, 0.2) is 0 Å². The fourth-order valence-electron chi connectivity index (χ4n) is 1.82. The van der Waals surface area contributed by atoms with Crippen LogP contribution < -0.4 is 0 Å². The summed E-state index contributed by atoms with van der Waals surface area (Å²) in [5.41, 5.74) is 0. The van der Waals surface area contributed by atoms with E-state index in [-0.39, 0.29) is 0 Å². The van der Waals surface area contributed by atoms with Crippen molar-refractivity contribution in [1.29, 1.82) is 0 Å². The van der Waals surface area contributed by atoms with Crippen LogP contribution in [0.4, 0.5) is 0 Å². The van der Waals surface area contributed by atoms with E-state index in [1.807, 2.05) is 0 Å². The normalized spacial score (nSPS) is 22.7. The van der Waals surface area contributed by atoms with Gasteiger partial charge in [0.05, 0.1) is 7.13 Å². The van der Waals surface area contributed by atoms with E-state index < -0.39 is 8.32 Å². The molecule has 1 fully saturated rings. The highest BCUT2D eigenvalue weighted by Gasteiger charge is 2.23. The van der Waals surface area contributed by atoms with E-state index in [4.69, 9.17) is 5.80 Å². The second-order valence-electron chi connectivity index (χ2n) is 4.95. The van der Waals surface area contributed by atoms with Gasteiger partial charge in [0.1, 0.15) is 0 Å². The highest BCUT2D eigenvalue weighted by Crippen LogP contribution is 2.30. The van der Waals surface area contributed by atoms with Gasteiger partial charge in [-0.1, -0.05) is 25.8 Å². The van der Waals surface area contributed by atoms with Crippen molar-refractivity contribution < 1.29 is 5.80 Å². The van der Waals surface area contributed by atoms with E-state index in [0.29, 0.717) is 5.92 Å². The maximum Gasteiger partial charge on any atom is 0.241 e. The van der Waals surface area contributed by atoms with E-state index in [1.165, 1.54) is 38.7 Å². The topological polar surface area (TPSA) is 9.23 Å². The van der Waals surface area contributed by atoms with Crippen LogP contribution in [0.5, 0.6) is 0 Å². The van der Waals surface area contributed by atoms with Crippen molar-refractivity contribution in [3.05, 3.63) is 12.3 Å². The predicted octanol–water partition coefficient (Wildman–Crippen LogP) is 3.93. The number of hydrogen-bond donors (Lipinski definition) is 0. The second-order valence-corrected chi connectivity index (χ2v) is 9.38. The van der Waals surface area contributed by atoms with Gasteiger partial charge in [0, 0.05) is 5.92 Å². The van der Waals surface area contributed by atoms with Gasteiger partial charge in [0.2, 0.25) is 8.32 Å². The van der Waals surface area contributed by atoms with Crippen LogP contribution in [0.15, 0.2) is 12.3 Å². The molecule has 0 aromatic rings. The third-order valence-corrected chi connectivity index (χ3v) is 3.28. The largest absolute Gasteiger partial charge is 0.548 e. The molecule has 1 rings (SSSR count). The van der Waals surface area contributed by atoms with Crippen LogP contribution in [0.1, 0.15) is 33.5 Å². The number of rotatable bonds is 3. The van der Waals surface area contributed by atoms with Gasteiger partial charge in [-0.25, -0.2) is 0 Å². The molecule has 0 amide bonds. The molecular weight excluding hydrogens is 176 g/mol. The van der Waals surface area contributed by atoms with Gasteiger partial charge < -0.3 is 4.43 Å². The molecular formula is C11H22OSi. The molecule has 0 aliphatic heterocycles. The first-order valence-corrected chi connectivity index (χ1v) is 8.71. The van der Waals surface area contributed by atoms with Crippen LogP contribution in [0.25, 0.3) is 0 Å². The van der Waals surface area contributed by atoms with Crippen LogP contribution in [-0.2, 0) is 4.43 Å². The Morgan fingerprint density at radius 2 is 1.92 bits per heavy atom. The van der Waals surface area contributed by atoms with Crippen LogP contribution in [0, 0.1) is 5.92 Å². The van der Waals surface area contributed by atoms with Crippen molar-refractivity contribution in [2.75, 3.05) is 0 Å². The lowest BCUT2D eigenvalue weighted by atomic mass is 9.88. The summed E-state index contributed by atoms with van der Waals surface area (Å²) >= 11 is 0. The van der Waals surface area contributed by atoms with Crippen molar-refractivity contribution in [1.82, 2.24) is 0 Å². The lowest BCUT2D eigenvalue weighted by molar-refractivity contribution is 0.287. The van der Waals surface area contributed by atoms with Crippen molar-refractivity contribution in [3.63, 3.8) is 0 Å². The molecule has 0 heterocycles. The summed E-state index contributed by atoms with van der Waals surface area (Å²) in [6.45, 7) is 7.98. The fraction of sp³-hybridized carbons (Fsp3) is 0.818. The predicted molar refractivity (Wildman–Crippen MR) is 60.1 cm³/mol. The molecule has 0 aromatic carbocycles. The Morgan fingerprint density at radius 1 is 1.31 bits per heavy atom. The summed E-state index contributed by atoms with van der Waals surface area (Å²) in [6.07, 6.45) is 6.40. The molecule has 0 saturated heterocycles. The van der Waals surface area contributed by atoms with Gasteiger partial charge >= 0.3 is 0 Å². The Morgan fingerprint density at radius 3 is 2.38 bits per heavy atom. The van der Waals surface area contributed by atoms with Gasteiger partial charge in [-0.05, 0) is 32.5 Å². The monoisotopic (exact) mass is 199 g/mol. The average molecular weight is 199 g/mol. The molecule has 1 aliphatic rings. The van der Waals surface area contributed by atoms with Gasteiger partial charge in [0.25, 0.3) is 0 Å². The Kier molecular flexibility index (Phi) is 3.09. The zero-order valence-corrected chi connectivity index (χ0v) is 10.1. The van der Waals surface area contributed by atoms with E-state index >= 15 is 0 Å². The summed E-state index contributed by atoms with van der Waals surface area (Å²) < 4.78 is 13.4. The molecule has 76 valence electrons. The van der Waals surface area contributed by atoms with Gasteiger partial charge in [-0.2, -0.15) is 0 Å². The highest BCUT2D eigenvalue weighted by molar-refractivity contribution is 6.70. The molecule has 0 N–H and O–H groups in total. The van der Waals surface area contributed by atoms with Gasteiger partial charge in [-0.15, -0.1) is 0 Å². The zero-order valence-electron chi connectivity index (χ0n) is 10.1. The third kappa shape index (κ3) is 3.99. The summed E-state index contributed by atoms with van der Waals surface area (Å²) in [7, 11) is -1.51. The van der Waals surface area contributed by atoms with Crippen LogP contribution in [0.2, 0.25) is 19.6 Å². The molecule has 0 spiro atoms. The summed E-state index contributed by atoms with van der Waals surface area (Å²) in [5.74, 6) is 1.48. The first-order valence-electron chi connectivity index (χ1n) is 5.88. The van der Waals surface area contributed by atoms with Gasteiger partial charge in [-0.3, -0.25) is 0 Å². The van der Waals surface area contributed by atoms with Crippen LogP contribution in [-0.4, -0.2) is 8.32 Å². The molecule has 1 saturated carbocycles. The van der Waals surface area contributed by atoms with Crippen molar-refractivity contribution in [2.45, 2.75) is 51.7 Å². The molecule has 1 aliphatic carbocycles. The molecule has 0 unspecified atom stereocenters. The van der Waals surface area contributed by atoms with Crippen molar-refractivity contribution in [2.24, 2.45) is 5.92 Å². The third-order valence-electron chi connectivity index (χ3n) is 2.43. The molecule has 1 nitrogen and oxygen atoms in total. The summed E-state index contributed by atoms with van der Waals surface area (Å²) in [5, 5.41) is 0. The average Bonchev–Trinajstić information content (AvgIpc) is 2.14. The number of allylic oxidation sites excluding steroid dienone is 1. The van der Waals surface area contributed by atoms with Crippen LogP contribution >= 0.6 is 0 Å². The fourth-order valence-corrected chi connectivity index (χ4v) is 2.70. The maximum absolute atomic E-state index is 7.41.